The Morgan fingerprint density at radius 1 is 1.11 bits per heavy atom. The molecule has 0 saturated carbocycles. The highest BCUT2D eigenvalue weighted by Gasteiger charge is 2.13. The second-order valence-corrected chi connectivity index (χ2v) is 4.57. The Kier molecular flexibility index (Phi) is 2.72. The van der Waals surface area contributed by atoms with Crippen LogP contribution < -0.4 is 4.43 Å². The first kappa shape index (κ1) is 11.7. The Bertz CT molecular complexity index is 813. The zero-order chi connectivity index (χ0) is 13.4. The maximum absolute atomic E-state index is 12.3. The molecule has 0 atom stereocenters. The van der Waals surface area contributed by atoms with Gasteiger partial charge in [0.25, 0.3) is 11.7 Å². The molecule has 0 amide bonds. The molecular weight excluding hydrogens is 264 g/mol. The maximum Gasteiger partial charge on any atom is 0.286 e. The lowest BCUT2D eigenvalue weighted by Crippen LogP contribution is -2.18. The first-order chi connectivity index (χ1) is 9.16. The van der Waals surface area contributed by atoms with E-state index < -0.39 is 0 Å². The summed E-state index contributed by atoms with van der Waals surface area (Å²) in [5.74, 6) is 0. The molecule has 3 rings (SSSR count). The smallest absolute Gasteiger partial charge is 0.286 e. The summed E-state index contributed by atoms with van der Waals surface area (Å²) in [6.45, 7) is 0. The van der Waals surface area contributed by atoms with Gasteiger partial charge >= 0.3 is 0 Å². The topological polar surface area (TPSA) is 51.0 Å². The third-order valence-electron chi connectivity index (χ3n) is 2.92. The van der Waals surface area contributed by atoms with Crippen molar-refractivity contribution in [1.82, 2.24) is 4.73 Å². The summed E-state index contributed by atoms with van der Waals surface area (Å²) in [5, 5.41) is 12.8. The first-order valence-corrected chi connectivity index (χ1v) is 6.05. The fraction of sp³-hybridized carbons (Fsp3) is 0. The van der Waals surface area contributed by atoms with Gasteiger partial charge in [0, 0.05) is 21.6 Å². The van der Waals surface area contributed by atoms with Crippen LogP contribution in [0.4, 0.5) is 0 Å². The number of hydrogen-bond donors (Lipinski definition) is 0. The average Bonchev–Trinajstić information content (AvgIpc) is 2.43. The largest absolute Gasteiger partial charge is 0.805 e. The Morgan fingerprint density at radius 2 is 1.84 bits per heavy atom. The molecule has 0 unspecified atom stereocenters. The second kappa shape index (κ2) is 4.40. The molecule has 0 radical (unpaired) electrons. The highest BCUT2D eigenvalue weighted by molar-refractivity contribution is 6.31. The van der Waals surface area contributed by atoms with E-state index in [0.29, 0.717) is 26.2 Å². The highest BCUT2D eigenvalue weighted by atomic mass is 35.5. The van der Waals surface area contributed by atoms with Gasteiger partial charge in [-0.2, -0.15) is 0 Å². The van der Waals surface area contributed by atoms with Crippen LogP contribution in [0.2, 0.25) is 5.02 Å². The summed E-state index contributed by atoms with van der Waals surface area (Å²) < 4.78 is 1.41. The summed E-state index contributed by atoms with van der Waals surface area (Å²) in [5.41, 5.74) is 1.53. The van der Waals surface area contributed by atoms with Crippen molar-refractivity contribution in [1.29, 1.82) is 0 Å². The van der Waals surface area contributed by atoms with E-state index in [4.69, 9.17) is 11.6 Å². The predicted molar refractivity (Wildman–Crippen MR) is 74.5 cm³/mol. The fourth-order valence-corrected chi connectivity index (χ4v) is 2.18. The van der Waals surface area contributed by atoms with Crippen molar-refractivity contribution in [2.75, 3.05) is 0 Å². The molecule has 5 heteroatoms. The van der Waals surface area contributed by atoms with Gasteiger partial charge in [-0.25, -0.2) is 0 Å². The monoisotopic (exact) mass is 272 g/mol. The molecule has 1 aromatic heterocycles. The van der Waals surface area contributed by atoms with Crippen LogP contribution in [-0.2, 0) is 0 Å². The van der Waals surface area contributed by atoms with E-state index in [2.05, 4.69) is 0 Å². The molecule has 0 saturated heterocycles. The van der Waals surface area contributed by atoms with E-state index in [1.54, 1.807) is 18.2 Å². The number of fused-ring (bicyclic) bond motifs is 1. The number of benzene rings is 2. The summed E-state index contributed by atoms with van der Waals surface area (Å²) >= 11 is 5.88. The minimum Gasteiger partial charge on any atom is -0.805 e. The Hall–Kier alpha value is -2.33. The SMILES string of the molecule is O=[n+]1cc(-c2ccccc2)n([O-])c2cc(Cl)ccc21. The molecular formula is C14H9ClN2O2. The molecule has 19 heavy (non-hydrogen) atoms. The minimum absolute atomic E-state index is 0.254. The van der Waals surface area contributed by atoms with Crippen LogP contribution in [0.5, 0.6) is 0 Å². The molecule has 0 fully saturated rings. The van der Waals surface area contributed by atoms with E-state index >= 15 is 0 Å². The summed E-state index contributed by atoms with van der Waals surface area (Å²) in [4.78, 5) is 12.0. The molecule has 0 aliphatic carbocycles. The molecule has 2 aromatic carbocycles. The van der Waals surface area contributed by atoms with Crippen molar-refractivity contribution >= 4 is 22.6 Å². The molecule has 0 spiro atoms. The average molecular weight is 273 g/mol. The van der Waals surface area contributed by atoms with Crippen LogP contribution in [-0.4, -0.2) is 4.73 Å². The van der Waals surface area contributed by atoms with E-state index in [0.717, 1.165) is 4.73 Å². The molecule has 0 aliphatic heterocycles. The lowest BCUT2D eigenvalue weighted by atomic mass is 10.1. The maximum atomic E-state index is 12.3. The number of halogens is 1. The van der Waals surface area contributed by atoms with Gasteiger partial charge in [0.15, 0.2) is 0 Å². The number of nitrogens with zero attached hydrogens (tertiary/aromatic N) is 2. The van der Waals surface area contributed by atoms with Gasteiger partial charge in [-0.3, -0.25) is 0 Å². The zero-order valence-electron chi connectivity index (χ0n) is 9.79. The number of aromatic nitrogens is 2. The van der Waals surface area contributed by atoms with Crippen molar-refractivity contribution in [3.63, 3.8) is 0 Å². The first-order valence-electron chi connectivity index (χ1n) is 5.67. The van der Waals surface area contributed by atoms with E-state index in [1.807, 2.05) is 18.2 Å². The number of rotatable bonds is 1. The molecule has 0 N–H and O–H groups in total. The lowest BCUT2D eigenvalue weighted by molar-refractivity contribution is -0.463. The molecule has 94 valence electrons. The Balaban J connectivity index is 2.40. The third kappa shape index (κ3) is 1.96. The quantitative estimate of drug-likeness (QED) is 0.639. The highest BCUT2D eigenvalue weighted by Crippen LogP contribution is 2.22. The van der Waals surface area contributed by atoms with Gasteiger partial charge < -0.3 is 9.94 Å². The summed E-state index contributed by atoms with van der Waals surface area (Å²) in [6, 6.07) is 13.6. The van der Waals surface area contributed by atoms with Gasteiger partial charge in [0.1, 0.15) is 11.2 Å². The van der Waals surface area contributed by atoms with Crippen molar-refractivity contribution in [3.05, 3.63) is 69.9 Å². The molecule has 0 bridgehead atoms. The van der Waals surface area contributed by atoms with Gasteiger partial charge in [-0.1, -0.05) is 41.9 Å². The van der Waals surface area contributed by atoms with Crippen LogP contribution >= 0.6 is 11.6 Å². The van der Waals surface area contributed by atoms with Crippen LogP contribution in [0, 0.1) is 10.1 Å². The molecule has 3 aromatic rings. The standard InChI is InChI=1S/C14H9ClN2O2/c15-11-6-7-12-13(8-11)17(19)14(9-16(12)18)10-4-2-1-3-5-10/h1-9H. The van der Waals surface area contributed by atoms with Gasteiger partial charge in [-0.15, -0.1) is 0 Å². The van der Waals surface area contributed by atoms with Gasteiger partial charge in [0.05, 0.1) is 4.43 Å². The van der Waals surface area contributed by atoms with E-state index in [9.17, 15) is 10.1 Å². The molecule has 0 aliphatic rings. The molecule has 1 heterocycles. The van der Waals surface area contributed by atoms with Crippen molar-refractivity contribution < 1.29 is 4.43 Å². The van der Waals surface area contributed by atoms with Crippen LogP contribution in [0.15, 0.2) is 54.7 Å². The van der Waals surface area contributed by atoms with Gasteiger partial charge in [0.2, 0.25) is 0 Å². The van der Waals surface area contributed by atoms with Crippen LogP contribution in [0.25, 0.3) is 22.3 Å². The molecule has 4 nitrogen and oxygen atoms in total. The second-order valence-electron chi connectivity index (χ2n) is 4.13. The van der Waals surface area contributed by atoms with Crippen LogP contribution in [0.1, 0.15) is 0 Å². The number of hydrogen-bond acceptors (Lipinski definition) is 2. The predicted octanol–water partition coefficient (Wildman–Crippen LogP) is 3.22. The van der Waals surface area contributed by atoms with Crippen LogP contribution in [0.3, 0.4) is 0 Å². The minimum atomic E-state index is 0.254. The van der Waals surface area contributed by atoms with Gasteiger partial charge in [-0.05, 0) is 12.1 Å². The zero-order valence-corrected chi connectivity index (χ0v) is 10.5. The fourth-order valence-electron chi connectivity index (χ4n) is 2.01. The third-order valence-corrected chi connectivity index (χ3v) is 3.16. The van der Waals surface area contributed by atoms with E-state index in [1.165, 1.54) is 18.3 Å². The van der Waals surface area contributed by atoms with Crippen molar-refractivity contribution in [2.45, 2.75) is 0 Å². The Labute approximate surface area is 113 Å². The normalized spacial score (nSPS) is 10.8. The lowest BCUT2D eigenvalue weighted by Gasteiger charge is -2.16. The van der Waals surface area contributed by atoms with Crippen molar-refractivity contribution in [2.24, 2.45) is 0 Å². The van der Waals surface area contributed by atoms with E-state index in [-0.39, 0.29) is 5.52 Å². The summed E-state index contributed by atoms with van der Waals surface area (Å²) in [7, 11) is 0. The Morgan fingerprint density at radius 3 is 2.58 bits per heavy atom. The summed E-state index contributed by atoms with van der Waals surface area (Å²) in [6.07, 6.45) is 1.28. The van der Waals surface area contributed by atoms with Crippen molar-refractivity contribution in [3.8, 4) is 11.3 Å².